The number of rotatable bonds is 5. The number of hydrogen-bond donors (Lipinski definition) is 2. The molecule has 0 aliphatic heterocycles. The maximum absolute atomic E-state index is 12.8. The van der Waals surface area contributed by atoms with Crippen molar-refractivity contribution in [2.75, 3.05) is 5.32 Å². The molecule has 0 radical (unpaired) electrons. The van der Waals surface area contributed by atoms with Crippen LogP contribution in [0.25, 0.3) is 5.69 Å². The Morgan fingerprint density at radius 1 is 1.18 bits per heavy atom. The van der Waals surface area contributed by atoms with Crippen LogP contribution in [0.4, 0.5) is 5.69 Å². The standard InChI is InChI=1S/C21H18ClN3O3/c1-12-2-9-16(10-18(12)22)25-19(13-3-4-13)17(11-23-25)20(26)24-15-7-5-14(6-8-15)21(27)28/h2,5-11,13H,3-4H2,1H3,(H,24,26)(H,27,28). The molecule has 1 aliphatic rings. The van der Waals surface area contributed by atoms with E-state index in [-0.39, 0.29) is 17.4 Å². The zero-order chi connectivity index (χ0) is 19.8. The van der Waals surface area contributed by atoms with Gasteiger partial charge in [-0.15, -0.1) is 0 Å². The summed E-state index contributed by atoms with van der Waals surface area (Å²) in [6, 6.07) is 11.8. The number of halogens is 1. The highest BCUT2D eigenvalue weighted by Crippen LogP contribution is 2.42. The van der Waals surface area contributed by atoms with E-state index in [9.17, 15) is 9.59 Å². The van der Waals surface area contributed by atoms with Crippen LogP contribution in [0.3, 0.4) is 0 Å². The molecule has 142 valence electrons. The van der Waals surface area contributed by atoms with Gasteiger partial charge in [-0.2, -0.15) is 5.10 Å². The van der Waals surface area contributed by atoms with Gasteiger partial charge in [0.05, 0.1) is 28.7 Å². The van der Waals surface area contributed by atoms with E-state index in [1.165, 1.54) is 12.1 Å². The van der Waals surface area contributed by atoms with Gasteiger partial charge in [0.25, 0.3) is 5.91 Å². The zero-order valence-corrected chi connectivity index (χ0v) is 15.9. The van der Waals surface area contributed by atoms with Crippen molar-refractivity contribution in [1.82, 2.24) is 9.78 Å². The van der Waals surface area contributed by atoms with Crippen LogP contribution in [0.15, 0.2) is 48.7 Å². The molecular formula is C21H18ClN3O3. The number of carbonyl (C=O) groups excluding carboxylic acids is 1. The summed E-state index contributed by atoms with van der Waals surface area (Å²) < 4.78 is 1.78. The molecule has 28 heavy (non-hydrogen) atoms. The number of hydrogen-bond acceptors (Lipinski definition) is 3. The van der Waals surface area contributed by atoms with Gasteiger partial charge in [0, 0.05) is 16.6 Å². The molecule has 1 amide bonds. The molecule has 0 bridgehead atoms. The molecule has 0 saturated heterocycles. The van der Waals surface area contributed by atoms with E-state index in [1.54, 1.807) is 23.0 Å². The van der Waals surface area contributed by atoms with Gasteiger partial charge < -0.3 is 10.4 Å². The number of carboxylic acid groups (broad SMARTS) is 1. The van der Waals surface area contributed by atoms with Crippen LogP contribution in [0.1, 0.15) is 50.7 Å². The molecule has 0 unspecified atom stereocenters. The van der Waals surface area contributed by atoms with Gasteiger partial charge >= 0.3 is 5.97 Å². The van der Waals surface area contributed by atoms with Crippen LogP contribution < -0.4 is 5.32 Å². The van der Waals surface area contributed by atoms with Crippen LogP contribution in [0.5, 0.6) is 0 Å². The number of aromatic nitrogens is 2. The summed E-state index contributed by atoms with van der Waals surface area (Å²) in [5.41, 5.74) is 3.89. The second kappa shape index (κ2) is 7.13. The minimum Gasteiger partial charge on any atom is -0.478 e. The van der Waals surface area contributed by atoms with Crippen LogP contribution in [-0.4, -0.2) is 26.8 Å². The fourth-order valence-electron chi connectivity index (χ4n) is 3.10. The van der Waals surface area contributed by atoms with E-state index in [1.807, 2.05) is 25.1 Å². The predicted molar refractivity (Wildman–Crippen MR) is 107 cm³/mol. The monoisotopic (exact) mass is 395 g/mol. The Kier molecular flexibility index (Phi) is 4.65. The number of anilines is 1. The van der Waals surface area contributed by atoms with Gasteiger partial charge in [-0.3, -0.25) is 4.79 Å². The molecule has 4 rings (SSSR count). The Labute approximate surface area is 166 Å². The Morgan fingerprint density at radius 3 is 2.50 bits per heavy atom. The highest BCUT2D eigenvalue weighted by atomic mass is 35.5. The van der Waals surface area contributed by atoms with E-state index >= 15 is 0 Å². The Balaban J connectivity index is 1.64. The van der Waals surface area contributed by atoms with Crippen LogP contribution in [0.2, 0.25) is 5.02 Å². The van der Waals surface area contributed by atoms with Crippen molar-refractivity contribution >= 4 is 29.2 Å². The first-order valence-corrected chi connectivity index (χ1v) is 9.31. The van der Waals surface area contributed by atoms with Crippen molar-refractivity contribution in [2.45, 2.75) is 25.7 Å². The third kappa shape index (κ3) is 3.51. The zero-order valence-electron chi connectivity index (χ0n) is 15.1. The van der Waals surface area contributed by atoms with Crippen molar-refractivity contribution in [3.63, 3.8) is 0 Å². The van der Waals surface area contributed by atoms with Crippen molar-refractivity contribution in [3.8, 4) is 5.69 Å². The van der Waals surface area contributed by atoms with Gasteiger partial charge in [-0.05, 0) is 61.7 Å². The SMILES string of the molecule is Cc1ccc(-n2ncc(C(=O)Nc3ccc(C(=O)O)cc3)c2C2CC2)cc1Cl. The van der Waals surface area contributed by atoms with Crippen molar-refractivity contribution in [2.24, 2.45) is 0 Å². The molecule has 1 aliphatic carbocycles. The molecule has 0 spiro atoms. The normalized spacial score (nSPS) is 13.4. The number of nitrogens with zero attached hydrogens (tertiary/aromatic N) is 2. The minimum atomic E-state index is -1.01. The van der Waals surface area contributed by atoms with E-state index in [0.717, 1.165) is 29.8 Å². The Morgan fingerprint density at radius 2 is 1.89 bits per heavy atom. The number of amides is 1. The number of carbonyl (C=O) groups is 2. The van der Waals surface area contributed by atoms with Gasteiger partial charge in [0.2, 0.25) is 0 Å². The number of aromatic carboxylic acids is 1. The lowest BCUT2D eigenvalue weighted by Gasteiger charge is -2.11. The first-order chi connectivity index (χ1) is 13.4. The van der Waals surface area contributed by atoms with Crippen LogP contribution in [0, 0.1) is 6.92 Å². The molecule has 7 heteroatoms. The van der Waals surface area contributed by atoms with Gasteiger partial charge in [0.1, 0.15) is 0 Å². The number of carboxylic acids is 1. The van der Waals surface area contributed by atoms with Gasteiger partial charge in [-0.25, -0.2) is 9.48 Å². The quantitative estimate of drug-likeness (QED) is 0.657. The fraction of sp³-hybridized carbons (Fsp3) is 0.190. The third-order valence-corrected chi connectivity index (χ3v) is 5.21. The van der Waals surface area contributed by atoms with E-state index in [4.69, 9.17) is 16.7 Å². The van der Waals surface area contributed by atoms with Crippen molar-refractivity contribution in [3.05, 3.63) is 76.1 Å². The highest BCUT2D eigenvalue weighted by Gasteiger charge is 2.33. The van der Waals surface area contributed by atoms with E-state index < -0.39 is 5.97 Å². The van der Waals surface area contributed by atoms with Gasteiger partial charge in [0.15, 0.2) is 0 Å². The molecule has 6 nitrogen and oxygen atoms in total. The van der Waals surface area contributed by atoms with E-state index in [2.05, 4.69) is 10.4 Å². The van der Waals surface area contributed by atoms with Gasteiger partial charge in [-0.1, -0.05) is 17.7 Å². The fourth-order valence-corrected chi connectivity index (χ4v) is 3.27. The smallest absolute Gasteiger partial charge is 0.335 e. The lowest BCUT2D eigenvalue weighted by Crippen LogP contribution is -2.14. The molecule has 0 atom stereocenters. The lowest BCUT2D eigenvalue weighted by atomic mass is 10.1. The van der Waals surface area contributed by atoms with Crippen LogP contribution in [-0.2, 0) is 0 Å². The van der Waals surface area contributed by atoms with Crippen molar-refractivity contribution in [1.29, 1.82) is 0 Å². The Hall–Kier alpha value is -3.12. The molecule has 2 N–H and O–H groups in total. The first-order valence-electron chi connectivity index (χ1n) is 8.93. The van der Waals surface area contributed by atoms with Crippen molar-refractivity contribution < 1.29 is 14.7 Å². The second-order valence-corrected chi connectivity index (χ2v) is 7.31. The predicted octanol–water partition coefficient (Wildman–Crippen LogP) is 4.66. The highest BCUT2D eigenvalue weighted by molar-refractivity contribution is 6.31. The largest absolute Gasteiger partial charge is 0.478 e. The molecule has 1 fully saturated rings. The molecule has 2 aromatic carbocycles. The number of aryl methyl sites for hydroxylation is 1. The molecule has 1 aromatic heterocycles. The second-order valence-electron chi connectivity index (χ2n) is 6.90. The average molecular weight is 396 g/mol. The molecule has 1 heterocycles. The first kappa shape index (κ1) is 18.3. The maximum Gasteiger partial charge on any atom is 0.335 e. The summed E-state index contributed by atoms with van der Waals surface area (Å²) in [5, 5.41) is 16.9. The van der Waals surface area contributed by atoms with E-state index in [0.29, 0.717) is 16.3 Å². The topological polar surface area (TPSA) is 84.2 Å². The summed E-state index contributed by atoms with van der Waals surface area (Å²) in [5.74, 6) is -0.987. The summed E-state index contributed by atoms with van der Waals surface area (Å²) in [4.78, 5) is 23.8. The summed E-state index contributed by atoms with van der Waals surface area (Å²) in [6.45, 7) is 1.94. The number of nitrogens with one attached hydrogen (secondary N) is 1. The maximum atomic E-state index is 12.8. The average Bonchev–Trinajstić information content (AvgIpc) is 3.42. The molecule has 1 saturated carbocycles. The number of benzene rings is 2. The summed E-state index contributed by atoms with van der Waals surface area (Å²) in [6.07, 6.45) is 3.60. The lowest BCUT2D eigenvalue weighted by molar-refractivity contribution is 0.0696. The molecule has 3 aromatic rings. The third-order valence-electron chi connectivity index (χ3n) is 4.80. The Bertz CT molecular complexity index is 1070. The molecular weight excluding hydrogens is 378 g/mol. The minimum absolute atomic E-state index is 0.167. The summed E-state index contributed by atoms with van der Waals surface area (Å²) in [7, 11) is 0. The summed E-state index contributed by atoms with van der Waals surface area (Å²) >= 11 is 6.26. The van der Waals surface area contributed by atoms with Crippen LogP contribution >= 0.6 is 11.6 Å².